The van der Waals surface area contributed by atoms with Gasteiger partial charge < -0.3 is 0 Å². The van der Waals surface area contributed by atoms with Crippen molar-refractivity contribution < 1.29 is 0 Å². The van der Waals surface area contributed by atoms with Gasteiger partial charge in [0.2, 0.25) is 0 Å². The summed E-state index contributed by atoms with van der Waals surface area (Å²) in [7, 11) is 0. The minimum atomic E-state index is 0.942. The Kier molecular flexibility index (Phi) is 2.08. The molecule has 2 aliphatic carbocycles. The zero-order valence-corrected chi connectivity index (χ0v) is 8.58. The van der Waals surface area contributed by atoms with E-state index in [4.69, 9.17) is 0 Å². The van der Waals surface area contributed by atoms with E-state index in [9.17, 15) is 0 Å². The maximum atomic E-state index is 2.29. The van der Waals surface area contributed by atoms with Crippen molar-refractivity contribution in [3.05, 3.63) is 41.8 Å². The monoisotopic (exact) mass is 185 g/mol. The normalized spacial score (nSPS) is 32.0. The van der Waals surface area contributed by atoms with Crippen LogP contribution in [0.2, 0.25) is 0 Å². The highest BCUT2D eigenvalue weighted by Crippen LogP contribution is 2.51. The van der Waals surface area contributed by atoms with Crippen molar-refractivity contribution >= 4 is 0 Å². The first-order chi connectivity index (χ1) is 6.95. The molecule has 0 saturated heterocycles. The first-order valence-corrected chi connectivity index (χ1v) is 5.86. The predicted octanol–water partition coefficient (Wildman–Crippen LogP) is 3.82. The molecule has 73 valence electrons. The third-order valence-corrected chi connectivity index (χ3v) is 4.04. The molecular weight excluding hydrogens is 168 g/mol. The zero-order chi connectivity index (χ0) is 9.38. The number of fused-ring (bicyclic) bond motifs is 1. The fourth-order valence-corrected chi connectivity index (χ4v) is 3.38. The lowest BCUT2D eigenvalue weighted by molar-refractivity contribution is 0.477. The summed E-state index contributed by atoms with van der Waals surface area (Å²) >= 11 is 0. The molecule has 1 aromatic carbocycles. The summed E-state index contributed by atoms with van der Waals surface area (Å²) < 4.78 is 0. The Hall–Kier alpha value is -0.780. The van der Waals surface area contributed by atoms with Gasteiger partial charge in [0.15, 0.2) is 0 Å². The molecular formula is C14H17. The van der Waals surface area contributed by atoms with E-state index in [0.29, 0.717) is 0 Å². The van der Waals surface area contributed by atoms with Gasteiger partial charge in [0.05, 0.1) is 0 Å². The van der Waals surface area contributed by atoms with Crippen LogP contribution in [0.1, 0.15) is 37.7 Å². The van der Waals surface area contributed by atoms with Crippen LogP contribution in [-0.4, -0.2) is 0 Å². The maximum absolute atomic E-state index is 2.29. The van der Waals surface area contributed by atoms with Crippen LogP contribution in [0, 0.1) is 17.8 Å². The minimum Gasteiger partial charge on any atom is -0.0622 e. The molecule has 2 aliphatic rings. The summed E-state index contributed by atoms with van der Waals surface area (Å²) in [5, 5.41) is 0. The van der Waals surface area contributed by atoms with Gasteiger partial charge in [0.1, 0.15) is 0 Å². The molecule has 2 atom stereocenters. The van der Waals surface area contributed by atoms with Crippen LogP contribution in [0.5, 0.6) is 0 Å². The first-order valence-electron chi connectivity index (χ1n) is 5.86. The molecule has 0 heterocycles. The Labute approximate surface area is 86.3 Å². The van der Waals surface area contributed by atoms with Crippen LogP contribution >= 0.6 is 0 Å². The van der Waals surface area contributed by atoms with E-state index in [2.05, 4.69) is 30.3 Å². The highest BCUT2D eigenvalue weighted by molar-refractivity contribution is 5.34. The van der Waals surface area contributed by atoms with Crippen molar-refractivity contribution in [1.29, 1.82) is 0 Å². The van der Waals surface area contributed by atoms with Gasteiger partial charge in [0.25, 0.3) is 0 Å². The van der Waals surface area contributed by atoms with Gasteiger partial charge in [-0.15, -0.1) is 0 Å². The van der Waals surface area contributed by atoms with Crippen LogP contribution < -0.4 is 0 Å². The van der Waals surface area contributed by atoms with E-state index in [1.807, 2.05) is 0 Å². The number of rotatable bonds is 1. The quantitative estimate of drug-likeness (QED) is 0.624. The van der Waals surface area contributed by atoms with Gasteiger partial charge >= 0.3 is 0 Å². The lowest BCUT2D eigenvalue weighted by Crippen LogP contribution is -2.08. The summed E-state index contributed by atoms with van der Waals surface area (Å²) in [5.41, 5.74) is 1.52. The lowest BCUT2D eigenvalue weighted by atomic mass is 9.86. The van der Waals surface area contributed by atoms with E-state index in [1.54, 1.807) is 5.92 Å². The van der Waals surface area contributed by atoms with Gasteiger partial charge in [-0.05, 0) is 36.7 Å². The average Bonchev–Trinajstić information content (AvgIpc) is 2.79. The fourth-order valence-electron chi connectivity index (χ4n) is 3.38. The topological polar surface area (TPSA) is 0 Å². The summed E-state index contributed by atoms with van der Waals surface area (Å²) in [5.74, 6) is 3.73. The lowest BCUT2D eigenvalue weighted by Gasteiger charge is -2.17. The van der Waals surface area contributed by atoms with E-state index in [-0.39, 0.29) is 0 Å². The molecule has 3 rings (SSSR count). The Bertz CT molecular complexity index is 301. The number of benzene rings is 1. The Morgan fingerprint density at radius 2 is 1.79 bits per heavy atom. The van der Waals surface area contributed by atoms with Gasteiger partial charge in [-0.1, -0.05) is 43.2 Å². The average molecular weight is 185 g/mol. The molecule has 2 saturated carbocycles. The van der Waals surface area contributed by atoms with Crippen molar-refractivity contribution in [2.24, 2.45) is 11.8 Å². The summed E-state index contributed by atoms with van der Waals surface area (Å²) in [6, 6.07) is 11.0. The second kappa shape index (κ2) is 3.42. The predicted molar refractivity (Wildman–Crippen MR) is 58.9 cm³/mol. The highest BCUT2D eigenvalue weighted by atomic mass is 14.4. The molecule has 2 unspecified atom stereocenters. The molecule has 1 aromatic rings. The molecule has 0 bridgehead atoms. The third-order valence-electron chi connectivity index (χ3n) is 4.04. The summed E-state index contributed by atoms with van der Waals surface area (Å²) in [6.07, 6.45) is 7.22. The SMILES string of the molecule is c1ccc([C]2CCC3CCCC23)cc1. The first kappa shape index (κ1) is 8.52. The van der Waals surface area contributed by atoms with E-state index in [1.165, 1.54) is 37.7 Å². The Morgan fingerprint density at radius 1 is 0.929 bits per heavy atom. The molecule has 14 heavy (non-hydrogen) atoms. The van der Waals surface area contributed by atoms with Gasteiger partial charge in [-0.25, -0.2) is 0 Å². The van der Waals surface area contributed by atoms with Gasteiger partial charge in [-0.3, -0.25) is 0 Å². The summed E-state index contributed by atoms with van der Waals surface area (Å²) in [6.45, 7) is 0. The molecule has 0 nitrogen and oxygen atoms in total. The van der Waals surface area contributed by atoms with Crippen LogP contribution in [0.25, 0.3) is 0 Å². The molecule has 1 radical (unpaired) electrons. The Morgan fingerprint density at radius 3 is 2.64 bits per heavy atom. The van der Waals surface area contributed by atoms with E-state index >= 15 is 0 Å². The number of hydrogen-bond donors (Lipinski definition) is 0. The highest BCUT2D eigenvalue weighted by Gasteiger charge is 2.39. The van der Waals surface area contributed by atoms with Crippen LogP contribution in [-0.2, 0) is 0 Å². The maximum Gasteiger partial charge on any atom is 0.00835 e. The minimum absolute atomic E-state index is 0.942. The largest absolute Gasteiger partial charge is 0.0622 e. The van der Waals surface area contributed by atoms with Gasteiger partial charge in [0, 0.05) is 5.92 Å². The smallest absolute Gasteiger partial charge is 0.00835 e. The standard InChI is InChI=1S/C14H17/c1-2-5-11(6-3-1)14-10-9-12-7-4-8-13(12)14/h1-3,5-6,12-13H,4,7-10H2. The molecule has 0 aliphatic heterocycles. The third kappa shape index (κ3) is 1.28. The molecule has 0 aromatic heterocycles. The molecule has 0 amide bonds. The number of hydrogen-bond acceptors (Lipinski definition) is 0. The fraction of sp³-hybridized carbons (Fsp3) is 0.500. The van der Waals surface area contributed by atoms with Crippen LogP contribution in [0.3, 0.4) is 0 Å². The van der Waals surface area contributed by atoms with Crippen molar-refractivity contribution in [2.75, 3.05) is 0 Å². The van der Waals surface area contributed by atoms with Crippen molar-refractivity contribution in [2.45, 2.75) is 32.1 Å². The zero-order valence-electron chi connectivity index (χ0n) is 8.58. The van der Waals surface area contributed by atoms with Crippen LogP contribution in [0.4, 0.5) is 0 Å². The molecule has 0 heteroatoms. The van der Waals surface area contributed by atoms with Crippen molar-refractivity contribution in [3.8, 4) is 0 Å². The van der Waals surface area contributed by atoms with Crippen LogP contribution in [0.15, 0.2) is 30.3 Å². The van der Waals surface area contributed by atoms with E-state index in [0.717, 1.165) is 11.8 Å². The van der Waals surface area contributed by atoms with Crippen molar-refractivity contribution in [1.82, 2.24) is 0 Å². The van der Waals surface area contributed by atoms with Crippen molar-refractivity contribution in [3.63, 3.8) is 0 Å². The van der Waals surface area contributed by atoms with E-state index < -0.39 is 0 Å². The second-order valence-electron chi connectivity index (χ2n) is 4.73. The Balaban J connectivity index is 1.86. The molecule has 0 spiro atoms. The molecule has 0 N–H and O–H groups in total. The molecule has 2 fully saturated rings. The second-order valence-corrected chi connectivity index (χ2v) is 4.73. The van der Waals surface area contributed by atoms with Gasteiger partial charge in [-0.2, -0.15) is 0 Å². The summed E-state index contributed by atoms with van der Waals surface area (Å²) in [4.78, 5) is 0.